The smallest absolute Gasteiger partial charge is 0.298 e. The lowest BCUT2D eigenvalue weighted by Crippen LogP contribution is -2.27. The second-order valence-electron chi connectivity index (χ2n) is 5.23. The van der Waals surface area contributed by atoms with Crippen LogP contribution in [0, 0.1) is 0 Å². The summed E-state index contributed by atoms with van der Waals surface area (Å²) in [4.78, 5) is 26.4. The second-order valence-corrected chi connectivity index (χ2v) is 7.52. The third-order valence-electron chi connectivity index (χ3n) is 3.63. The first-order chi connectivity index (χ1) is 12.4. The Morgan fingerprint density at radius 1 is 1.12 bits per heavy atom. The maximum absolute atomic E-state index is 12.7. The van der Waals surface area contributed by atoms with Crippen LogP contribution in [0.2, 0.25) is 5.02 Å². The molecule has 134 valence electrons. The third kappa shape index (κ3) is 3.60. The van der Waals surface area contributed by atoms with Crippen molar-refractivity contribution in [3.05, 3.63) is 56.4 Å². The number of carbonyl (C=O) groups excluding carboxylic acids is 2. The summed E-state index contributed by atoms with van der Waals surface area (Å²) >= 11 is 10.2. The molecule has 1 aliphatic rings. The zero-order valence-corrected chi connectivity index (χ0v) is 16.9. The number of carbonyl (C=O) groups is 2. The van der Waals surface area contributed by atoms with E-state index >= 15 is 0 Å². The van der Waals surface area contributed by atoms with Gasteiger partial charge < -0.3 is 9.47 Å². The van der Waals surface area contributed by atoms with Gasteiger partial charge in [0.25, 0.3) is 11.1 Å². The van der Waals surface area contributed by atoms with E-state index in [2.05, 4.69) is 15.9 Å². The van der Waals surface area contributed by atoms with Crippen LogP contribution in [-0.2, 0) is 4.79 Å². The van der Waals surface area contributed by atoms with Gasteiger partial charge in [0.2, 0.25) is 0 Å². The van der Waals surface area contributed by atoms with E-state index in [0.717, 1.165) is 16.7 Å². The Kier molecular flexibility index (Phi) is 5.60. The second kappa shape index (κ2) is 7.73. The van der Waals surface area contributed by atoms with Gasteiger partial charge in [0, 0.05) is 5.02 Å². The summed E-state index contributed by atoms with van der Waals surface area (Å²) in [5.41, 5.74) is 1.19. The molecule has 0 aliphatic carbocycles. The minimum atomic E-state index is -0.381. The molecule has 26 heavy (non-hydrogen) atoms. The zero-order valence-electron chi connectivity index (χ0n) is 13.8. The Morgan fingerprint density at radius 3 is 2.42 bits per heavy atom. The molecule has 0 N–H and O–H groups in total. The summed E-state index contributed by atoms with van der Waals surface area (Å²) in [7, 11) is 3.07. The summed E-state index contributed by atoms with van der Waals surface area (Å²) in [5.74, 6) is 0.692. The number of anilines is 1. The summed E-state index contributed by atoms with van der Waals surface area (Å²) < 4.78 is 11.3. The SMILES string of the molecule is COc1cc(/C=C2\SC(=O)N(c3ccc(Cl)cc3)C2=O)cc(Br)c1OC. The van der Waals surface area contributed by atoms with Crippen LogP contribution in [0.4, 0.5) is 10.5 Å². The molecule has 0 saturated carbocycles. The van der Waals surface area contributed by atoms with E-state index < -0.39 is 0 Å². The number of hydrogen-bond donors (Lipinski definition) is 0. The maximum atomic E-state index is 12.7. The number of nitrogens with zero attached hydrogens (tertiary/aromatic N) is 1. The van der Waals surface area contributed by atoms with Gasteiger partial charge in [-0.25, -0.2) is 4.90 Å². The third-order valence-corrected chi connectivity index (χ3v) is 5.34. The number of halogens is 2. The molecule has 0 unspecified atom stereocenters. The van der Waals surface area contributed by atoms with E-state index in [-0.39, 0.29) is 11.1 Å². The summed E-state index contributed by atoms with van der Waals surface area (Å²) in [6.45, 7) is 0. The van der Waals surface area contributed by atoms with E-state index in [1.165, 1.54) is 7.11 Å². The predicted molar refractivity (Wildman–Crippen MR) is 107 cm³/mol. The van der Waals surface area contributed by atoms with Crippen LogP contribution in [0.5, 0.6) is 11.5 Å². The highest BCUT2D eigenvalue weighted by Gasteiger charge is 2.36. The molecule has 1 saturated heterocycles. The fourth-order valence-electron chi connectivity index (χ4n) is 2.45. The zero-order chi connectivity index (χ0) is 18.8. The molecule has 5 nitrogen and oxygen atoms in total. The van der Waals surface area contributed by atoms with Crippen LogP contribution in [-0.4, -0.2) is 25.4 Å². The van der Waals surface area contributed by atoms with Gasteiger partial charge in [-0.2, -0.15) is 0 Å². The Morgan fingerprint density at radius 2 is 1.81 bits per heavy atom. The Hall–Kier alpha value is -1.96. The van der Waals surface area contributed by atoms with Crippen molar-refractivity contribution in [3.8, 4) is 11.5 Å². The highest BCUT2D eigenvalue weighted by Crippen LogP contribution is 2.39. The van der Waals surface area contributed by atoms with Crippen molar-refractivity contribution in [1.82, 2.24) is 0 Å². The predicted octanol–water partition coefficient (Wildman–Crippen LogP) is 5.36. The topological polar surface area (TPSA) is 55.8 Å². The largest absolute Gasteiger partial charge is 0.493 e. The number of ether oxygens (including phenoxy) is 2. The highest BCUT2D eigenvalue weighted by atomic mass is 79.9. The normalized spacial score (nSPS) is 15.7. The molecule has 0 radical (unpaired) electrons. The number of amides is 2. The van der Waals surface area contributed by atoms with Crippen LogP contribution >= 0.6 is 39.3 Å². The molecule has 0 bridgehead atoms. The van der Waals surface area contributed by atoms with Gasteiger partial charge in [-0.05, 0) is 75.7 Å². The molecular formula is C18H13BrClNO4S. The number of hydrogen-bond acceptors (Lipinski definition) is 5. The Labute approximate surface area is 168 Å². The molecule has 2 amide bonds. The fraction of sp³-hybridized carbons (Fsp3) is 0.111. The number of rotatable bonds is 4. The van der Waals surface area contributed by atoms with Crippen molar-refractivity contribution in [2.24, 2.45) is 0 Å². The minimum absolute atomic E-state index is 0.323. The van der Waals surface area contributed by atoms with Crippen molar-refractivity contribution in [2.45, 2.75) is 0 Å². The van der Waals surface area contributed by atoms with Crippen molar-refractivity contribution in [1.29, 1.82) is 0 Å². The fourth-order valence-corrected chi connectivity index (χ4v) is 4.04. The molecule has 1 heterocycles. The van der Waals surface area contributed by atoms with Gasteiger partial charge in [0.1, 0.15) is 0 Å². The molecular weight excluding hydrogens is 442 g/mol. The van der Waals surface area contributed by atoms with E-state index in [0.29, 0.717) is 37.2 Å². The van der Waals surface area contributed by atoms with E-state index in [4.69, 9.17) is 21.1 Å². The van der Waals surface area contributed by atoms with E-state index in [1.54, 1.807) is 49.6 Å². The van der Waals surface area contributed by atoms with Crippen LogP contribution in [0.3, 0.4) is 0 Å². The van der Waals surface area contributed by atoms with Crippen molar-refractivity contribution >= 4 is 62.2 Å². The quantitative estimate of drug-likeness (QED) is 0.582. The molecule has 2 aromatic carbocycles. The van der Waals surface area contributed by atoms with Crippen molar-refractivity contribution in [2.75, 3.05) is 19.1 Å². The van der Waals surface area contributed by atoms with E-state index in [9.17, 15) is 9.59 Å². The minimum Gasteiger partial charge on any atom is -0.493 e. The molecule has 0 atom stereocenters. The van der Waals surface area contributed by atoms with Gasteiger partial charge in [-0.1, -0.05) is 11.6 Å². The van der Waals surface area contributed by atoms with Crippen LogP contribution in [0.15, 0.2) is 45.8 Å². The lowest BCUT2D eigenvalue weighted by molar-refractivity contribution is -0.113. The van der Waals surface area contributed by atoms with Crippen molar-refractivity contribution < 1.29 is 19.1 Å². The molecule has 1 fully saturated rings. The number of benzene rings is 2. The monoisotopic (exact) mass is 453 g/mol. The van der Waals surface area contributed by atoms with Crippen molar-refractivity contribution in [3.63, 3.8) is 0 Å². The average molecular weight is 455 g/mol. The molecule has 0 aromatic heterocycles. The summed E-state index contributed by atoms with van der Waals surface area (Å²) in [6.07, 6.45) is 1.65. The van der Waals surface area contributed by atoms with E-state index in [1.807, 2.05) is 0 Å². The van der Waals surface area contributed by atoms with Gasteiger partial charge >= 0.3 is 0 Å². The van der Waals surface area contributed by atoms with Crippen LogP contribution < -0.4 is 14.4 Å². The molecule has 3 rings (SSSR count). The maximum Gasteiger partial charge on any atom is 0.298 e. The summed E-state index contributed by atoms with van der Waals surface area (Å²) in [6, 6.07) is 10.1. The molecule has 2 aromatic rings. The number of methoxy groups -OCH3 is 2. The number of imide groups is 1. The molecule has 0 spiro atoms. The van der Waals surface area contributed by atoms with Gasteiger partial charge in [-0.15, -0.1) is 0 Å². The molecule has 8 heteroatoms. The van der Waals surface area contributed by atoms with Crippen LogP contribution in [0.25, 0.3) is 6.08 Å². The van der Waals surface area contributed by atoms with Gasteiger partial charge in [-0.3, -0.25) is 9.59 Å². The summed E-state index contributed by atoms with van der Waals surface area (Å²) in [5, 5.41) is 0.176. The Bertz CT molecular complexity index is 914. The van der Waals surface area contributed by atoms with Gasteiger partial charge in [0.05, 0.1) is 29.3 Å². The lowest BCUT2D eigenvalue weighted by atomic mass is 10.2. The molecule has 1 aliphatic heterocycles. The average Bonchev–Trinajstić information content (AvgIpc) is 2.89. The van der Waals surface area contributed by atoms with Crippen LogP contribution in [0.1, 0.15) is 5.56 Å². The highest BCUT2D eigenvalue weighted by molar-refractivity contribution is 9.10. The first kappa shape index (κ1) is 18.8. The lowest BCUT2D eigenvalue weighted by Gasteiger charge is -2.12. The number of thioether (sulfide) groups is 1. The first-order valence-electron chi connectivity index (χ1n) is 7.39. The Balaban J connectivity index is 1.95. The standard InChI is InChI=1S/C18H13BrClNO4S/c1-24-14-8-10(7-13(19)16(14)25-2)9-15-17(22)21(18(23)26-15)12-5-3-11(20)4-6-12/h3-9H,1-2H3/b15-9-. The van der Waals surface area contributed by atoms with Gasteiger partial charge in [0.15, 0.2) is 11.5 Å². The first-order valence-corrected chi connectivity index (χ1v) is 9.38.